The number of rotatable bonds is 4. The van der Waals surface area contributed by atoms with E-state index >= 15 is 0 Å². The average molecular weight is 428 g/mol. The zero-order valence-corrected chi connectivity index (χ0v) is 16.1. The fourth-order valence-electron chi connectivity index (χ4n) is 2.54. The summed E-state index contributed by atoms with van der Waals surface area (Å²) in [5, 5.41) is 12.4. The van der Waals surface area contributed by atoms with Crippen LogP contribution in [0, 0.1) is 0 Å². The van der Waals surface area contributed by atoms with Gasteiger partial charge in [-0.15, -0.1) is 10.2 Å². The summed E-state index contributed by atoms with van der Waals surface area (Å²) < 4.78 is 0.962. The Morgan fingerprint density at radius 1 is 1.15 bits per heavy atom. The van der Waals surface area contributed by atoms with Crippen molar-refractivity contribution in [2.24, 2.45) is 0 Å². The van der Waals surface area contributed by atoms with E-state index in [2.05, 4.69) is 41.4 Å². The number of H-pyrrole nitrogens is 1. The van der Waals surface area contributed by atoms with E-state index in [1.807, 2.05) is 55.5 Å². The third-order valence-electron chi connectivity index (χ3n) is 3.87. The first-order valence-corrected chi connectivity index (χ1v) is 9.61. The van der Waals surface area contributed by atoms with Gasteiger partial charge in [0.2, 0.25) is 11.1 Å². The summed E-state index contributed by atoms with van der Waals surface area (Å²) in [5.41, 5.74) is 3.12. The number of hydrogen-bond donors (Lipinski definition) is 2. The molecule has 2 heterocycles. The summed E-state index contributed by atoms with van der Waals surface area (Å²) in [6.45, 7) is 1.82. The molecule has 0 bridgehead atoms. The molecular formula is C18H14BrN5OS. The van der Waals surface area contributed by atoms with Gasteiger partial charge in [0, 0.05) is 21.1 Å². The average Bonchev–Trinajstić information content (AvgIpc) is 3.01. The number of anilines is 1. The number of para-hydroxylation sites is 1. The molecule has 0 aliphatic rings. The van der Waals surface area contributed by atoms with Crippen LogP contribution < -0.4 is 5.32 Å². The molecule has 2 aromatic carbocycles. The van der Waals surface area contributed by atoms with Gasteiger partial charge < -0.3 is 10.3 Å². The van der Waals surface area contributed by atoms with E-state index in [1.54, 1.807) is 0 Å². The number of nitrogens with one attached hydrogen (secondary N) is 2. The Morgan fingerprint density at radius 3 is 2.73 bits per heavy atom. The first-order chi connectivity index (χ1) is 12.6. The minimum atomic E-state index is -0.359. The summed E-state index contributed by atoms with van der Waals surface area (Å²) in [6.07, 6.45) is 0. The lowest BCUT2D eigenvalue weighted by atomic mass is 10.2. The zero-order valence-electron chi connectivity index (χ0n) is 13.7. The molecule has 4 rings (SSSR count). The van der Waals surface area contributed by atoms with E-state index in [1.165, 1.54) is 11.8 Å². The predicted octanol–water partition coefficient (Wildman–Crippen LogP) is 4.39. The Bertz CT molecular complexity index is 1100. The zero-order chi connectivity index (χ0) is 18.1. The Balaban J connectivity index is 1.51. The van der Waals surface area contributed by atoms with Crippen molar-refractivity contribution in [2.45, 2.75) is 17.3 Å². The number of nitrogens with zero attached hydrogens (tertiary/aromatic N) is 3. The van der Waals surface area contributed by atoms with Gasteiger partial charge in [0.25, 0.3) is 0 Å². The number of aromatic amines is 1. The number of carbonyl (C=O) groups excluding carboxylic acids is 1. The number of amides is 1. The predicted molar refractivity (Wildman–Crippen MR) is 107 cm³/mol. The third kappa shape index (κ3) is 3.42. The van der Waals surface area contributed by atoms with Crippen LogP contribution >= 0.6 is 27.7 Å². The highest BCUT2D eigenvalue weighted by molar-refractivity contribution is 9.10. The second kappa shape index (κ2) is 7.05. The molecule has 2 N–H and O–H groups in total. The molecule has 0 spiro atoms. The molecule has 0 saturated heterocycles. The van der Waals surface area contributed by atoms with Crippen LogP contribution in [0.2, 0.25) is 0 Å². The molecule has 0 radical (unpaired) electrons. The maximum Gasteiger partial charge on any atom is 0.237 e. The number of fused-ring (bicyclic) bond motifs is 3. The molecular weight excluding hydrogens is 414 g/mol. The monoisotopic (exact) mass is 427 g/mol. The lowest BCUT2D eigenvalue weighted by molar-refractivity contribution is -0.115. The second-order valence-electron chi connectivity index (χ2n) is 5.72. The van der Waals surface area contributed by atoms with Crippen LogP contribution in [-0.2, 0) is 4.79 Å². The summed E-state index contributed by atoms with van der Waals surface area (Å²) in [4.78, 5) is 20.1. The minimum Gasteiger partial charge on any atom is -0.338 e. The van der Waals surface area contributed by atoms with Gasteiger partial charge in [0.05, 0.1) is 5.25 Å². The lowest BCUT2D eigenvalue weighted by Gasteiger charge is -2.10. The van der Waals surface area contributed by atoms with Crippen LogP contribution in [0.25, 0.3) is 22.1 Å². The number of carbonyl (C=O) groups is 1. The SMILES string of the molecule is C[C@@H](Sc1nnc2c(n1)[nH]c1ccccc12)C(=O)Nc1ccc(Br)cc1. The van der Waals surface area contributed by atoms with Crippen LogP contribution in [0.3, 0.4) is 0 Å². The van der Waals surface area contributed by atoms with Gasteiger partial charge in [-0.2, -0.15) is 0 Å². The smallest absolute Gasteiger partial charge is 0.237 e. The van der Waals surface area contributed by atoms with Crippen LogP contribution in [0.4, 0.5) is 5.69 Å². The van der Waals surface area contributed by atoms with E-state index in [0.29, 0.717) is 10.8 Å². The molecule has 2 aromatic heterocycles. The summed E-state index contributed by atoms with van der Waals surface area (Å²) >= 11 is 4.65. The Morgan fingerprint density at radius 2 is 1.92 bits per heavy atom. The van der Waals surface area contributed by atoms with Crippen LogP contribution in [0.15, 0.2) is 58.2 Å². The van der Waals surface area contributed by atoms with Gasteiger partial charge in [0.1, 0.15) is 5.52 Å². The van der Waals surface area contributed by atoms with Crippen molar-refractivity contribution < 1.29 is 4.79 Å². The lowest BCUT2D eigenvalue weighted by Crippen LogP contribution is -2.22. The van der Waals surface area contributed by atoms with Crippen molar-refractivity contribution >= 4 is 61.4 Å². The van der Waals surface area contributed by atoms with Crippen molar-refractivity contribution in [3.05, 3.63) is 53.0 Å². The van der Waals surface area contributed by atoms with E-state index < -0.39 is 0 Å². The normalized spacial score (nSPS) is 12.4. The molecule has 6 nitrogen and oxygen atoms in total. The maximum absolute atomic E-state index is 12.4. The molecule has 0 aliphatic carbocycles. The molecule has 0 unspecified atom stereocenters. The first-order valence-electron chi connectivity index (χ1n) is 7.94. The Hall–Kier alpha value is -2.45. The third-order valence-corrected chi connectivity index (χ3v) is 5.35. The van der Waals surface area contributed by atoms with Gasteiger partial charge in [0.15, 0.2) is 5.65 Å². The highest BCUT2D eigenvalue weighted by Gasteiger charge is 2.17. The van der Waals surface area contributed by atoms with Gasteiger partial charge in [-0.1, -0.05) is 45.9 Å². The molecule has 1 atom stereocenters. The van der Waals surface area contributed by atoms with Gasteiger partial charge in [-0.05, 0) is 37.3 Å². The largest absolute Gasteiger partial charge is 0.338 e. The molecule has 26 heavy (non-hydrogen) atoms. The fraction of sp³-hybridized carbons (Fsp3) is 0.111. The maximum atomic E-state index is 12.4. The number of benzene rings is 2. The van der Waals surface area contributed by atoms with Crippen LogP contribution in [0.1, 0.15) is 6.92 Å². The van der Waals surface area contributed by atoms with E-state index in [-0.39, 0.29) is 11.2 Å². The van der Waals surface area contributed by atoms with E-state index in [4.69, 9.17) is 0 Å². The number of thioether (sulfide) groups is 1. The number of halogens is 1. The van der Waals surface area contributed by atoms with Gasteiger partial charge in [-0.3, -0.25) is 4.79 Å². The Kier molecular flexibility index (Phi) is 4.60. The van der Waals surface area contributed by atoms with Crippen molar-refractivity contribution in [3.63, 3.8) is 0 Å². The van der Waals surface area contributed by atoms with Gasteiger partial charge in [-0.25, -0.2) is 4.98 Å². The molecule has 0 aliphatic heterocycles. The van der Waals surface area contributed by atoms with Crippen molar-refractivity contribution in [3.8, 4) is 0 Å². The summed E-state index contributed by atoms with van der Waals surface area (Å²) in [5.74, 6) is -0.113. The Labute approximate surface area is 161 Å². The van der Waals surface area contributed by atoms with Crippen molar-refractivity contribution in [2.75, 3.05) is 5.32 Å². The molecule has 130 valence electrons. The molecule has 4 aromatic rings. The van der Waals surface area contributed by atoms with Crippen LogP contribution in [0.5, 0.6) is 0 Å². The highest BCUT2D eigenvalue weighted by Crippen LogP contribution is 2.25. The molecule has 0 saturated carbocycles. The molecule has 0 fully saturated rings. The van der Waals surface area contributed by atoms with Gasteiger partial charge >= 0.3 is 0 Å². The fourth-order valence-corrected chi connectivity index (χ4v) is 3.52. The van der Waals surface area contributed by atoms with E-state index in [0.717, 1.165) is 26.6 Å². The molecule has 8 heteroatoms. The minimum absolute atomic E-state index is 0.113. The quantitative estimate of drug-likeness (QED) is 0.471. The summed E-state index contributed by atoms with van der Waals surface area (Å²) in [7, 11) is 0. The number of hydrogen-bond acceptors (Lipinski definition) is 5. The summed E-state index contributed by atoms with van der Waals surface area (Å²) in [6, 6.07) is 15.3. The second-order valence-corrected chi connectivity index (χ2v) is 7.94. The van der Waals surface area contributed by atoms with Crippen molar-refractivity contribution in [1.29, 1.82) is 0 Å². The van der Waals surface area contributed by atoms with Crippen LogP contribution in [-0.4, -0.2) is 31.3 Å². The highest BCUT2D eigenvalue weighted by atomic mass is 79.9. The van der Waals surface area contributed by atoms with E-state index in [9.17, 15) is 4.79 Å². The number of aromatic nitrogens is 4. The topological polar surface area (TPSA) is 83.6 Å². The standard InChI is InChI=1S/C18H14BrN5OS/c1-10(17(25)20-12-8-6-11(19)7-9-12)26-18-22-16-15(23-24-18)13-4-2-3-5-14(13)21-16/h2-10H,1H3,(H,20,25)(H,21,22,24)/t10-/m1/s1. The first kappa shape index (κ1) is 17.0. The molecule has 1 amide bonds. The van der Waals surface area contributed by atoms with Crippen molar-refractivity contribution in [1.82, 2.24) is 20.2 Å².